The first-order valence-electron chi connectivity index (χ1n) is 11.9. The molecule has 0 aliphatic carbocycles. The van der Waals surface area contributed by atoms with Crippen LogP contribution in [-0.4, -0.2) is 17.6 Å². The molecule has 1 heterocycles. The van der Waals surface area contributed by atoms with Crippen LogP contribution in [0.25, 0.3) is 44.3 Å². The number of hydrogen-bond donors (Lipinski definition) is 1. The fourth-order valence-electron chi connectivity index (χ4n) is 4.43. The molecule has 0 aliphatic rings. The average Bonchev–Trinajstić information content (AvgIpc) is 2.89. The smallest absolute Gasteiger partial charge is 0.310 e. The van der Waals surface area contributed by atoms with Crippen molar-refractivity contribution in [3.05, 3.63) is 118 Å². The van der Waals surface area contributed by atoms with Gasteiger partial charge in [0.05, 0.1) is 18.1 Å². The normalized spacial score (nSPS) is 11.0. The Bertz CT molecular complexity index is 1680. The topological polar surface area (TPSA) is 59.2 Å². The number of aromatic amines is 1. The zero-order chi connectivity index (χ0) is 25.9. The Morgan fingerprint density at radius 3 is 2.32 bits per heavy atom. The number of esters is 1. The first kappa shape index (κ1) is 24.5. The van der Waals surface area contributed by atoms with Gasteiger partial charge in [0.2, 0.25) is 0 Å². The number of H-pyrrole nitrogens is 1. The van der Waals surface area contributed by atoms with Crippen LogP contribution in [0.15, 0.2) is 95.8 Å². The molecule has 37 heavy (non-hydrogen) atoms. The molecule has 5 rings (SSSR count). The second-order valence-electron chi connectivity index (χ2n) is 8.67. The highest BCUT2D eigenvalue weighted by atomic mass is 35.5. The molecule has 0 amide bonds. The van der Waals surface area contributed by atoms with Crippen LogP contribution in [0.2, 0.25) is 5.02 Å². The van der Waals surface area contributed by atoms with E-state index >= 15 is 4.39 Å². The summed E-state index contributed by atoms with van der Waals surface area (Å²) < 4.78 is 20.1. The monoisotopic (exact) mass is 511 g/mol. The third-order valence-electron chi connectivity index (χ3n) is 6.19. The molecule has 5 aromatic rings. The van der Waals surface area contributed by atoms with E-state index in [0.29, 0.717) is 45.0 Å². The molecule has 0 aliphatic heterocycles. The van der Waals surface area contributed by atoms with Gasteiger partial charge < -0.3 is 9.72 Å². The van der Waals surface area contributed by atoms with Gasteiger partial charge in [-0.15, -0.1) is 0 Å². The molecule has 0 fully saturated rings. The second-order valence-corrected chi connectivity index (χ2v) is 9.08. The fraction of sp³-hybridized carbons (Fsp3) is 0.0968. The summed E-state index contributed by atoms with van der Waals surface area (Å²) >= 11 is 6.56. The summed E-state index contributed by atoms with van der Waals surface area (Å²) in [5, 5.41) is 1.15. The Kier molecular flexibility index (Phi) is 6.89. The minimum Gasteiger partial charge on any atom is -0.466 e. The van der Waals surface area contributed by atoms with Gasteiger partial charge >= 0.3 is 5.97 Å². The Morgan fingerprint density at radius 2 is 1.57 bits per heavy atom. The summed E-state index contributed by atoms with van der Waals surface area (Å²) in [5.41, 5.74) is 4.78. The van der Waals surface area contributed by atoms with E-state index in [1.165, 1.54) is 6.07 Å². The van der Waals surface area contributed by atoms with E-state index in [0.717, 1.165) is 16.5 Å². The van der Waals surface area contributed by atoms with Crippen LogP contribution >= 0.6 is 11.6 Å². The summed E-state index contributed by atoms with van der Waals surface area (Å²) in [7, 11) is 0. The number of ether oxygens (including phenoxy) is 1. The zero-order valence-electron chi connectivity index (χ0n) is 20.1. The molecule has 0 atom stereocenters. The highest BCUT2D eigenvalue weighted by molar-refractivity contribution is 6.34. The number of pyridine rings is 1. The van der Waals surface area contributed by atoms with Crippen LogP contribution in [0.3, 0.4) is 0 Å². The van der Waals surface area contributed by atoms with E-state index in [4.69, 9.17) is 16.3 Å². The maximum Gasteiger partial charge on any atom is 0.310 e. The lowest BCUT2D eigenvalue weighted by Gasteiger charge is -2.11. The first-order valence-corrected chi connectivity index (χ1v) is 12.3. The minimum absolute atomic E-state index is 0.122. The highest BCUT2D eigenvalue weighted by Gasteiger charge is 2.14. The predicted octanol–water partition coefficient (Wildman–Crippen LogP) is 7.43. The van der Waals surface area contributed by atoms with Crippen LogP contribution in [0.5, 0.6) is 0 Å². The number of nitrogens with one attached hydrogen (secondary N) is 1. The lowest BCUT2D eigenvalue weighted by molar-refractivity contribution is -0.142. The van der Waals surface area contributed by atoms with Crippen molar-refractivity contribution < 1.29 is 13.9 Å². The first-order chi connectivity index (χ1) is 17.9. The molecule has 0 saturated heterocycles. The van der Waals surface area contributed by atoms with Crippen molar-refractivity contribution in [2.45, 2.75) is 13.3 Å². The fourth-order valence-corrected chi connectivity index (χ4v) is 4.70. The van der Waals surface area contributed by atoms with Crippen LogP contribution in [0.4, 0.5) is 4.39 Å². The average molecular weight is 512 g/mol. The maximum absolute atomic E-state index is 15.1. The van der Waals surface area contributed by atoms with Crippen molar-refractivity contribution in [3.8, 4) is 33.4 Å². The summed E-state index contributed by atoms with van der Waals surface area (Å²) in [6.45, 7) is 2.07. The Hall–Kier alpha value is -4.22. The van der Waals surface area contributed by atoms with E-state index in [9.17, 15) is 9.59 Å². The standard InChI is InChI=1S/C31H23ClFNO3/c1-2-37-30(35)14-19-7-6-10-21(13-19)26-16-23-15-25(27(32)18-29(23)34-31(26)36)22-11-12-24(28(33)17-22)20-8-4-3-5-9-20/h3-13,15-18H,2,14H2,1H3,(H,34,36). The lowest BCUT2D eigenvalue weighted by atomic mass is 9.97. The number of rotatable bonds is 6. The number of fused-ring (bicyclic) bond motifs is 1. The predicted molar refractivity (Wildman–Crippen MR) is 146 cm³/mol. The Labute approximate surface area is 218 Å². The second kappa shape index (κ2) is 10.4. The summed E-state index contributed by atoms with van der Waals surface area (Å²) in [5.74, 6) is -0.669. The van der Waals surface area contributed by atoms with Crippen molar-refractivity contribution in [1.82, 2.24) is 4.98 Å². The van der Waals surface area contributed by atoms with E-state index < -0.39 is 0 Å². The van der Waals surface area contributed by atoms with Gasteiger partial charge in [0, 0.05) is 22.2 Å². The Morgan fingerprint density at radius 1 is 0.838 bits per heavy atom. The SMILES string of the molecule is CCOC(=O)Cc1cccc(-c2cc3cc(-c4ccc(-c5ccccc5)c(F)c4)c(Cl)cc3[nH]c2=O)c1. The molecule has 184 valence electrons. The molecule has 1 aromatic heterocycles. The number of carbonyl (C=O) groups is 1. The van der Waals surface area contributed by atoms with E-state index in [1.54, 1.807) is 31.2 Å². The van der Waals surface area contributed by atoms with Crippen molar-refractivity contribution >= 4 is 28.5 Å². The molecule has 0 spiro atoms. The van der Waals surface area contributed by atoms with Crippen molar-refractivity contribution in [3.63, 3.8) is 0 Å². The molecule has 4 aromatic carbocycles. The maximum atomic E-state index is 15.1. The van der Waals surface area contributed by atoms with Gasteiger partial charge in [-0.25, -0.2) is 4.39 Å². The van der Waals surface area contributed by atoms with Crippen LogP contribution in [0, 0.1) is 5.82 Å². The lowest BCUT2D eigenvalue weighted by Crippen LogP contribution is -2.10. The highest BCUT2D eigenvalue weighted by Crippen LogP contribution is 2.35. The van der Waals surface area contributed by atoms with E-state index in [1.807, 2.05) is 60.7 Å². The largest absolute Gasteiger partial charge is 0.466 e. The molecule has 0 unspecified atom stereocenters. The van der Waals surface area contributed by atoms with Gasteiger partial charge in [-0.05, 0) is 58.8 Å². The molecule has 0 radical (unpaired) electrons. The van der Waals surface area contributed by atoms with Gasteiger partial charge in [0.15, 0.2) is 0 Å². The number of hydrogen-bond acceptors (Lipinski definition) is 3. The minimum atomic E-state index is -0.347. The number of carbonyl (C=O) groups excluding carboxylic acids is 1. The molecule has 0 bridgehead atoms. The summed E-state index contributed by atoms with van der Waals surface area (Å²) in [6.07, 6.45) is 0.122. The van der Waals surface area contributed by atoms with Crippen molar-refractivity contribution in [2.24, 2.45) is 0 Å². The van der Waals surface area contributed by atoms with Crippen LogP contribution in [0.1, 0.15) is 12.5 Å². The van der Waals surface area contributed by atoms with Crippen molar-refractivity contribution in [2.75, 3.05) is 6.61 Å². The molecule has 0 saturated carbocycles. The third-order valence-corrected chi connectivity index (χ3v) is 6.50. The van der Waals surface area contributed by atoms with Crippen LogP contribution < -0.4 is 5.56 Å². The van der Waals surface area contributed by atoms with Gasteiger partial charge in [0.25, 0.3) is 5.56 Å². The molecular weight excluding hydrogens is 489 g/mol. The van der Waals surface area contributed by atoms with Gasteiger partial charge in [0.1, 0.15) is 5.82 Å². The molecular formula is C31H23ClFNO3. The number of aromatic nitrogens is 1. The zero-order valence-corrected chi connectivity index (χ0v) is 20.8. The van der Waals surface area contributed by atoms with Gasteiger partial charge in [-0.2, -0.15) is 0 Å². The third kappa shape index (κ3) is 5.18. The Balaban J connectivity index is 1.54. The summed E-state index contributed by atoms with van der Waals surface area (Å²) in [4.78, 5) is 27.7. The van der Waals surface area contributed by atoms with Gasteiger partial charge in [-0.3, -0.25) is 9.59 Å². The molecule has 6 heteroatoms. The van der Waals surface area contributed by atoms with Crippen molar-refractivity contribution in [1.29, 1.82) is 0 Å². The molecule has 1 N–H and O–H groups in total. The molecule has 4 nitrogen and oxygen atoms in total. The van der Waals surface area contributed by atoms with Gasteiger partial charge in [-0.1, -0.05) is 78.3 Å². The number of benzene rings is 4. The quantitative estimate of drug-likeness (QED) is 0.241. The van der Waals surface area contributed by atoms with E-state index in [-0.39, 0.29) is 23.8 Å². The van der Waals surface area contributed by atoms with E-state index in [2.05, 4.69) is 4.98 Å². The number of halogens is 2. The summed E-state index contributed by atoms with van der Waals surface area (Å²) in [6, 6.07) is 27.0. The van der Waals surface area contributed by atoms with Crippen LogP contribution in [-0.2, 0) is 16.0 Å².